The van der Waals surface area contributed by atoms with E-state index < -0.39 is 6.04 Å². The molecule has 3 aromatic carbocycles. The van der Waals surface area contributed by atoms with Crippen LogP contribution in [0, 0.1) is 0 Å². The van der Waals surface area contributed by atoms with E-state index in [1.165, 1.54) is 0 Å². The third kappa shape index (κ3) is 6.30. The fourth-order valence-electron chi connectivity index (χ4n) is 3.78. The molecule has 0 fully saturated rings. The smallest absolute Gasteiger partial charge is 0.242 e. The van der Waals surface area contributed by atoms with E-state index in [4.69, 9.17) is 0 Å². The minimum absolute atomic E-state index is 0.0515. The van der Waals surface area contributed by atoms with Crippen LogP contribution in [0.4, 0.5) is 0 Å². The van der Waals surface area contributed by atoms with Gasteiger partial charge in [-0.25, -0.2) is 0 Å². The number of carbonyl (C=O) groups is 2. The van der Waals surface area contributed by atoms with Gasteiger partial charge in [0, 0.05) is 29.9 Å². The summed E-state index contributed by atoms with van der Waals surface area (Å²) in [6.07, 6.45) is 0.286. The predicted octanol–water partition coefficient (Wildman–Crippen LogP) is 5.52. The van der Waals surface area contributed by atoms with E-state index >= 15 is 0 Å². The summed E-state index contributed by atoms with van der Waals surface area (Å²) in [4.78, 5) is 28.0. The Balaban J connectivity index is 1.90. The minimum atomic E-state index is -0.571. The molecule has 2 amide bonds. The van der Waals surface area contributed by atoms with E-state index in [1.54, 1.807) is 11.8 Å². The zero-order chi connectivity index (χ0) is 22.9. The van der Waals surface area contributed by atoms with Crippen molar-refractivity contribution < 1.29 is 9.59 Å². The van der Waals surface area contributed by atoms with Crippen LogP contribution in [0.1, 0.15) is 42.9 Å². The number of likely N-dealkylation sites (N-methyl/N-ethyl adjacent to an activating group) is 1. The van der Waals surface area contributed by atoms with Crippen molar-refractivity contribution in [2.75, 3.05) is 6.54 Å². The van der Waals surface area contributed by atoms with Gasteiger partial charge in [-0.15, -0.1) is 0 Å². The summed E-state index contributed by atoms with van der Waals surface area (Å²) < 4.78 is 0.976. The second-order valence-corrected chi connectivity index (χ2v) is 8.71. The second-order valence-electron chi connectivity index (χ2n) is 7.80. The van der Waals surface area contributed by atoms with Gasteiger partial charge in [0.1, 0.15) is 6.04 Å². The molecule has 1 atom stereocenters. The van der Waals surface area contributed by atoms with Gasteiger partial charge in [0.05, 0.1) is 0 Å². The quantitative estimate of drug-likeness (QED) is 0.427. The zero-order valence-corrected chi connectivity index (χ0v) is 20.1. The van der Waals surface area contributed by atoms with Gasteiger partial charge in [0.15, 0.2) is 0 Å². The number of rotatable bonds is 9. The summed E-state index contributed by atoms with van der Waals surface area (Å²) in [5.41, 5.74) is 3.15. The molecular formula is C27H29BrN2O2. The summed E-state index contributed by atoms with van der Waals surface area (Å²) in [7, 11) is 0. The summed E-state index contributed by atoms with van der Waals surface area (Å²) >= 11 is 3.45. The molecule has 166 valence electrons. The van der Waals surface area contributed by atoms with Gasteiger partial charge in [-0.3, -0.25) is 9.59 Å². The second kappa shape index (κ2) is 11.6. The SMILES string of the molecule is CCNC(=O)[C@H](C)N(Cc1ccc(Br)cc1)C(=O)CC(c1ccccc1)c1ccccc1. The molecule has 0 aliphatic carbocycles. The van der Waals surface area contributed by atoms with Gasteiger partial charge >= 0.3 is 0 Å². The molecule has 3 rings (SSSR count). The number of nitrogens with zero attached hydrogens (tertiary/aromatic N) is 1. The molecule has 4 nitrogen and oxygen atoms in total. The van der Waals surface area contributed by atoms with E-state index in [1.807, 2.05) is 67.6 Å². The van der Waals surface area contributed by atoms with Crippen molar-refractivity contribution in [2.24, 2.45) is 0 Å². The Hall–Kier alpha value is -2.92. The van der Waals surface area contributed by atoms with Crippen molar-refractivity contribution in [1.82, 2.24) is 10.2 Å². The number of amides is 2. The molecule has 32 heavy (non-hydrogen) atoms. The van der Waals surface area contributed by atoms with Gasteiger partial charge in [-0.1, -0.05) is 88.7 Å². The summed E-state index contributed by atoms with van der Waals surface area (Å²) in [5, 5.41) is 2.85. The van der Waals surface area contributed by atoms with Gasteiger partial charge < -0.3 is 10.2 Å². The highest BCUT2D eigenvalue weighted by Crippen LogP contribution is 2.29. The Labute approximate surface area is 198 Å². The monoisotopic (exact) mass is 492 g/mol. The standard InChI is InChI=1S/C27H29BrN2O2/c1-3-29-27(32)20(2)30(19-21-14-16-24(28)17-15-21)26(31)18-25(22-10-6-4-7-11-22)23-12-8-5-9-13-23/h4-17,20,25H,3,18-19H2,1-2H3,(H,29,32)/t20-/m0/s1. The molecule has 3 aromatic rings. The number of halogens is 1. The first-order valence-electron chi connectivity index (χ1n) is 10.9. The van der Waals surface area contributed by atoms with Crippen molar-refractivity contribution in [1.29, 1.82) is 0 Å². The summed E-state index contributed by atoms with van der Waals surface area (Å²) in [6, 6.07) is 27.4. The number of nitrogens with one attached hydrogen (secondary N) is 1. The van der Waals surface area contributed by atoms with E-state index in [9.17, 15) is 9.59 Å². The summed E-state index contributed by atoms with van der Waals surface area (Å²) in [6.45, 7) is 4.58. The lowest BCUT2D eigenvalue weighted by Crippen LogP contribution is -2.47. The Morgan fingerprint density at radius 3 is 1.91 bits per heavy atom. The molecule has 5 heteroatoms. The summed E-state index contributed by atoms with van der Waals surface area (Å²) in [5.74, 6) is -0.280. The molecule has 0 aliphatic heterocycles. The molecular weight excluding hydrogens is 464 g/mol. The lowest BCUT2D eigenvalue weighted by Gasteiger charge is -2.30. The normalized spacial score (nSPS) is 11.8. The number of hydrogen-bond donors (Lipinski definition) is 1. The molecule has 0 radical (unpaired) electrons. The molecule has 0 aromatic heterocycles. The lowest BCUT2D eigenvalue weighted by atomic mass is 9.88. The molecule has 0 saturated heterocycles. The molecule has 0 spiro atoms. The van der Waals surface area contributed by atoms with Gasteiger partial charge in [0.25, 0.3) is 0 Å². The number of benzene rings is 3. The van der Waals surface area contributed by atoms with Crippen LogP contribution in [0.25, 0.3) is 0 Å². The van der Waals surface area contributed by atoms with Crippen molar-refractivity contribution >= 4 is 27.7 Å². The van der Waals surface area contributed by atoms with E-state index in [0.717, 1.165) is 21.2 Å². The first kappa shape index (κ1) is 23.7. The molecule has 0 bridgehead atoms. The lowest BCUT2D eigenvalue weighted by molar-refractivity contribution is -0.140. The third-order valence-corrected chi connectivity index (χ3v) is 6.10. The van der Waals surface area contributed by atoms with Gasteiger partial charge in [-0.2, -0.15) is 0 Å². The largest absolute Gasteiger partial charge is 0.355 e. The van der Waals surface area contributed by atoms with Crippen LogP contribution in [-0.4, -0.2) is 29.3 Å². The fraction of sp³-hybridized carbons (Fsp3) is 0.259. The highest BCUT2D eigenvalue weighted by Gasteiger charge is 2.28. The highest BCUT2D eigenvalue weighted by atomic mass is 79.9. The molecule has 0 heterocycles. The Kier molecular flexibility index (Phi) is 8.63. The van der Waals surface area contributed by atoms with Crippen LogP contribution in [0.2, 0.25) is 0 Å². The molecule has 0 aliphatic rings. The van der Waals surface area contributed by atoms with E-state index in [0.29, 0.717) is 13.1 Å². The van der Waals surface area contributed by atoms with Gasteiger partial charge in [-0.05, 0) is 42.7 Å². The van der Waals surface area contributed by atoms with Crippen LogP contribution in [0.5, 0.6) is 0 Å². The number of hydrogen-bond acceptors (Lipinski definition) is 2. The van der Waals surface area contributed by atoms with Gasteiger partial charge in [0.2, 0.25) is 11.8 Å². The van der Waals surface area contributed by atoms with E-state index in [-0.39, 0.29) is 24.2 Å². The first-order valence-corrected chi connectivity index (χ1v) is 11.7. The number of carbonyl (C=O) groups excluding carboxylic acids is 2. The van der Waals surface area contributed by atoms with Crippen molar-refractivity contribution in [2.45, 2.75) is 38.8 Å². The van der Waals surface area contributed by atoms with Crippen LogP contribution in [-0.2, 0) is 16.1 Å². The maximum atomic E-state index is 13.7. The van der Waals surface area contributed by atoms with Crippen LogP contribution < -0.4 is 5.32 Å². The maximum Gasteiger partial charge on any atom is 0.242 e. The molecule has 0 saturated carbocycles. The van der Waals surface area contributed by atoms with Crippen LogP contribution in [0.3, 0.4) is 0 Å². The van der Waals surface area contributed by atoms with E-state index in [2.05, 4.69) is 45.5 Å². The van der Waals surface area contributed by atoms with Crippen LogP contribution >= 0.6 is 15.9 Å². The third-order valence-electron chi connectivity index (χ3n) is 5.57. The van der Waals surface area contributed by atoms with Crippen LogP contribution in [0.15, 0.2) is 89.4 Å². The zero-order valence-electron chi connectivity index (χ0n) is 18.5. The minimum Gasteiger partial charge on any atom is -0.355 e. The highest BCUT2D eigenvalue weighted by molar-refractivity contribution is 9.10. The topological polar surface area (TPSA) is 49.4 Å². The Bertz CT molecular complexity index is 967. The average Bonchev–Trinajstić information content (AvgIpc) is 2.83. The van der Waals surface area contributed by atoms with Crippen molar-refractivity contribution in [3.63, 3.8) is 0 Å². The fourth-order valence-corrected chi connectivity index (χ4v) is 4.05. The van der Waals surface area contributed by atoms with Crippen molar-refractivity contribution in [3.05, 3.63) is 106 Å². The Morgan fingerprint density at radius 2 is 1.41 bits per heavy atom. The maximum absolute atomic E-state index is 13.7. The van der Waals surface area contributed by atoms with Crippen molar-refractivity contribution in [3.8, 4) is 0 Å². The molecule has 1 N–H and O–H groups in total. The Morgan fingerprint density at radius 1 is 0.875 bits per heavy atom. The predicted molar refractivity (Wildman–Crippen MR) is 132 cm³/mol. The average molecular weight is 493 g/mol. The molecule has 0 unspecified atom stereocenters. The first-order chi connectivity index (χ1) is 15.5.